The lowest BCUT2D eigenvalue weighted by Crippen LogP contribution is -2.50. The first-order chi connectivity index (χ1) is 13.5. The summed E-state index contributed by atoms with van der Waals surface area (Å²) >= 11 is 6.16. The number of urea groups is 1. The summed E-state index contributed by atoms with van der Waals surface area (Å²) in [5.74, 6) is 0.582. The summed E-state index contributed by atoms with van der Waals surface area (Å²) in [6.45, 7) is 4.79. The van der Waals surface area contributed by atoms with Crippen LogP contribution in [0.4, 0.5) is 21.9 Å². The number of amides is 2. The van der Waals surface area contributed by atoms with Gasteiger partial charge in [0.15, 0.2) is 0 Å². The van der Waals surface area contributed by atoms with Gasteiger partial charge in [0, 0.05) is 49.7 Å². The van der Waals surface area contributed by atoms with Gasteiger partial charge in [-0.2, -0.15) is 0 Å². The van der Waals surface area contributed by atoms with E-state index in [1.807, 2.05) is 6.92 Å². The zero-order chi connectivity index (χ0) is 20.1. The molecule has 0 atom stereocenters. The molecule has 0 aliphatic carbocycles. The monoisotopic (exact) mass is 404 g/mol. The van der Waals surface area contributed by atoms with Gasteiger partial charge in [0.2, 0.25) is 0 Å². The van der Waals surface area contributed by atoms with Crippen molar-refractivity contribution in [3.8, 4) is 5.75 Å². The summed E-state index contributed by atoms with van der Waals surface area (Å²) in [7, 11) is 0. The largest absolute Gasteiger partial charge is 0.492 e. The predicted octanol–water partition coefficient (Wildman–Crippen LogP) is 4.00. The van der Waals surface area contributed by atoms with Crippen molar-refractivity contribution < 1.29 is 14.5 Å². The minimum atomic E-state index is -0.417. The molecule has 9 heteroatoms. The fourth-order valence-corrected chi connectivity index (χ4v) is 3.24. The number of benzene rings is 2. The molecule has 1 saturated heterocycles. The summed E-state index contributed by atoms with van der Waals surface area (Å²) in [6, 6.07) is 11.4. The van der Waals surface area contributed by atoms with Crippen LogP contribution in [0.3, 0.4) is 0 Å². The minimum Gasteiger partial charge on any atom is -0.492 e. The first kappa shape index (κ1) is 19.8. The fraction of sp³-hybridized carbons (Fsp3) is 0.316. The number of piperazine rings is 1. The molecule has 2 amide bonds. The van der Waals surface area contributed by atoms with Crippen molar-refractivity contribution in [1.29, 1.82) is 0 Å². The number of nitrogens with zero attached hydrogens (tertiary/aromatic N) is 3. The Morgan fingerprint density at radius 1 is 1.18 bits per heavy atom. The van der Waals surface area contributed by atoms with Crippen molar-refractivity contribution in [3.63, 3.8) is 0 Å². The van der Waals surface area contributed by atoms with Gasteiger partial charge >= 0.3 is 6.03 Å². The molecule has 1 N–H and O–H groups in total. The molecule has 148 valence electrons. The van der Waals surface area contributed by atoms with Crippen LogP contribution in [-0.4, -0.2) is 48.6 Å². The third-order valence-corrected chi connectivity index (χ3v) is 4.77. The summed E-state index contributed by atoms with van der Waals surface area (Å²) < 4.78 is 5.39. The van der Waals surface area contributed by atoms with Crippen LogP contribution < -0.4 is 15.0 Å². The summed E-state index contributed by atoms with van der Waals surface area (Å²) in [5, 5.41) is 14.1. The number of anilines is 2. The quantitative estimate of drug-likeness (QED) is 0.601. The Morgan fingerprint density at radius 2 is 1.86 bits per heavy atom. The molecule has 1 heterocycles. The van der Waals surface area contributed by atoms with Crippen LogP contribution in [0.2, 0.25) is 5.02 Å². The Labute approximate surface area is 167 Å². The number of carbonyl (C=O) groups is 1. The molecule has 1 fully saturated rings. The molecule has 0 spiro atoms. The predicted molar refractivity (Wildman–Crippen MR) is 109 cm³/mol. The topological polar surface area (TPSA) is 88.0 Å². The van der Waals surface area contributed by atoms with Crippen molar-refractivity contribution in [2.24, 2.45) is 0 Å². The summed E-state index contributed by atoms with van der Waals surface area (Å²) in [4.78, 5) is 26.7. The van der Waals surface area contributed by atoms with Crippen LogP contribution in [-0.2, 0) is 0 Å². The Kier molecular flexibility index (Phi) is 6.20. The number of hydrogen-bond acceptors (Lipinski definition) is 5. The zero-order valence-corrected chi connectivity index (χ0v) is 16.2. The van der Waals surface area contributed by atoms with E-state index < -0.39 is 4.92 Å². The van der Waals surface area contributed by atoms with Gasteiger partial charge in [-0.05, 0) is 37.3 Å². The smallest absolute Gasteiger partial charge is 0.321 e. The highest BCUT2D eigenvalue weighted by molar-refractivity contribution is 6.32. The number of nitro benzene ring substituents is 1. The Bertz CT molecular complexity index is 852. The van der Waals surface area contributed by atoms with E-state index in [0.29, 0.717) is 49.2 Å². The maximum absolute atomic E-state index is 12.5. The summed E-state index contributed by atoms with van der Waals surface area (Å²) in [6.07, 6.45) is 0. The van der Waals surface area contributed by atoms with Gasteiger partial charge in [0.1, 0.15) is 5.75 Å². The van der Waals surface area contributed by atoms with Crippen molar-refractivity contribution in [1.82, 2.24) is 4.90 Å². The molecule has 3 rings (SSSR count). The lowest BCUT2D eigenvalue weighted by Gasteiger charge is -2.36. The summed E-state index contributed by atoms with van der Waals surface area (Å²) in [5.41, 5.74) is 1.58. The number of nitrogens with one attached hydrogen (secondary N) is 1. The maximum atomic E-state index is 12.5. The molecule has 8 nitrogen and oxygen atoms in total. The van der Waals surface area contributed by atoms with Gasteiger partial charge in [-0.3, -0.25) is 10.1 Å². The first-order valence-electron chi connectivity index (χ1n) is 8.95. The van der Waals surface area contributed by atoms with Crippen molar-refractivity contribution >= 4 is 34.7 Å². The number of hydrogen-bond donors (Lipinski definition) is 1. The van der Waals surface area contributed by atoms with Crippen LogP contribution in [0.5, 0.6) is 5.75 Å². The molecule has 2 aromatic carbocycles. The van der Waals surface area contributed by atoms with E-state index in [9.17, 15) is 14.9 Å². The first-order valence-corrected chi connectivity index (χ1v) is 9.33. The van der Waals surface area contributed by atoms with Crippen molar-refractivity contribution in [2.75, 3.05) is 43.0 Å². The third kappa shape index (κ3) is 4.64. The van der Waals surface area contributed by atoms with E-state index in [4.69, 9.17) is 16.3 Å². The number of carbonyl (C=O) groups excluding carboxylic acids is 1. The SMILES string of the molecule is CCOc1ccc(NC(=O)N2CCN(c3ccc([N+](=O)[O-])cc3)CC2)cc1Cl. The highest BCUT2D eigenvalue weighted by Gasteiger charge is 2.22. The van der Waals surface area contributed by atoms with E-state index in [-0.39, 0.29) is 11.7 Å². The van der Waals surface area contributed by atoms with Gasteiger partial charge in [-0.25, -0.2) is 4.79 Å². The lowest BCUT2D eigenvalue weighted by atomic mass is 10.2. The minimum absolute atomic E-state index is 0.0655. The average Bonchev–Trinajstić information content (AvgIpc) is 2.70. The maximum Gasteiger partial charge on any atom is 0.321 e. The van der Waals surface area contributed by atoms with E-state index in [1.54, 1.807) is 35.2 Å². The molecule has 1 aliphatic heterocycles. The highest BCUT2D eigenvalue weighted by atomic mass is 35.5. The standard InChI is InChI=1S/C19H21ClN4O4/c1-2-28-18-8-3-14(13-17(18)20)21-19(25)23-11-9-22(10-12-23)15-4-6-16(7-5-15)24(26)27/h3-8,13H,2,9-12H2,1H3,(H,21,25). The Morgan fingerprint density at radius 3 is 2.43 bits per heavy atom. The second-order valence-electron chi connectivity index (χ2n) is 6.26. The second-order valence-corrected chi connectivity index (χ2v) is 6.66. The molecule has 0 unspecified atom stereocenters. The lowest BCUT2D eigenvalue weighted by molar-refractivity contribution is -0.384. The highest BCUT2D eigenvalue weighted by Crippen LogP contribution is 2.28. The van der Waals surface area contributed by atoms with Gasteiger partial charge in [0.05, 0.1) is 16.6 Å². The molecule has 0 radical (unpaired) electrons. The normalized spacial score (nSPS) is 13.9. The third-order valence-electron chi connectivity index (χ3n) is 4.48. The molecule has 1 aliphatic rings. The van der Waals surface area contributed by atoms with E-state index in [2.05, 4.69) is 10.2 Å². The molecule has 28 heavy (non-hydrogen) atoms. The van der Waals surface area contributed by atoms with Crippen molar-refractivity contribution in [3.05, 3.63) is 57.6 Å². The fourth-order valence-electron chi connectivity index (χ4n) is 3.01. The number of rotatable bonds is 5. The zero-order valence-electron chi connectivity index (χ0n) is 15.4. The van der Waals surface area contributed by atoms with Gasteiger partial charge in [0.25, 0.3) is 5.69 Å². The number of non-ortho nitro benzene ring substituents is 1. The average molecular weight is 405 g/mol. The molecule has 0 aromatic heterocycles. The number of halogens is 1. The van der Waals surface area contributed by atoms with Crippen LogP contribution in [0.1, 0.15) is 6.92 Å². The van der Waals surface area contributed by atoms with Gasteiger partial charge < -0.3 is 19.9 Å². The van der Waals surface area contributed by atoms with Crippen LogP contribution in [0, 0.1) is 10.1 Å². The number of ether oxygens (including phenoxy) is 1. The van der Waals surface area contributed by atoms with Crippen LogP contribution >= 0.6 is 11.6 Å². The van der Waals surface area contributed by atoms with Gasteiger partial charge in [-0.15, -0.1) is 0 Å². The number of nitro groups is 1. The van der Waals surface area contributed by atoms with Crippen molar-refractivity contribution in [2.45, 2.75) is 6.92 Å². The van der Waals surface area contributed by atoms with E-state index in [1.165, 1.54) is 12.1 Å². The molecule has 0 saturated carbocycles. The van der Waals surface area contributed by atoms with E-state index in [0.717, 1.165) is 5.69 Å². The Balaban J connectivity index is 1.55. The van der Waals surface area contributed by atoms with Crippen LogP contribution in [0.15, 0.2) is 42.5 Å². The second kappa shape index (κ2) is 8.79. The Hall–Kier alpha value is -3.00. The van der Waals surface area contributed by atoms with E-state index >= 15 is 0 Å². The molecular weight excluding hydrogens is 384 g/mol. The molecule has 2 aromatic rings. The van der Waals surface area contributed by atoms with Crippen LogP contribution in [0.25, 0.3) is 0 Å². The molecular formula is C19H21ClN4O4. The molecule has 0 bridgehead atoms. The van der Waals surface area contributed by atoms with Gasteiger partial charge in [-0.1, -0.05) is 11.6 Å².